The lowest BCUT2D eigenvalue weighted by molar-refractivity contribution is -0.858. The average Bonchev–Trinajstić information content (AvgIpc) is 2.81. The number of rotatable bonds is 12. The first-order chi connectivity index (χ1) is 16.5. The van der Waals surface area contributed by atoms with Gasteiger partial charge in [-0.3, -0.25) is 14.4 Å². The van der Waals surface area contributed by atoms with Gasteiger partial charge in [-0.2, -0.15) is 0 Å². The number of likely N-dealkylation sites (N-methyl/N-ethyl adjacent to an activating group) is 1. The number of para-hydroxylation sites is 1. The van der Waals surface area contributed by atoms with Gasteiger partial charge >= 0.3 is 11.9 Å². The van der Waals surface area contributed by atoms with Gasteiger partial charge < -0.3 is 34.9 Å². The summed E-state index contributed by atoms with van der Waals surface area (Å²) in [5.41, 5.74) is -1.15. The molecular formula is C25H29NO9. The second-order valence-electron chi connectivity index (χ2n) is 7.81. The summed E-state index contributed by atoms with van der Waals surface area (Å²) >= 11 is 0. The molecule has 2 aromatic carbocycles. The number of carboxylic acids is 3. The summed E-state index contributed by atoms with van der Waals surface area (Å²) in [4.78, 5) is 44.5. The molecule has 0 spiro atoms. The van der Waals surface area contributed by atoms with E-state index >= 15 is 0 Å². The Morgan fingerprint density at radius 3 is 2.09 bits per heavy atom. The van der Waals surface area contributed by atoms with Crippen molar-refractivity contribution in [3.05, 3.63) is 71.8 Å². The van der Waals surface area contributed by atoms with E-state index < -0.39 is 36.4 Å². The number of carbonyl (C=O) groups excluding carboxylic acids is 2. The van der Waals surface area contributed by atoms with Crippen LogP contribution in [0.2, 0.25) is 0 Å². The van der Waals surface area contributed by atoms with Crippen LogP contribution in [0.25, 0.3) is 6.08 Å². The molecule has 0 heterocycles. The SMILES string of the molecule is C[NH+](C)CCOc1ccccc1C(=O)/C=C/c1ccccc1.O=C(O)CC(CO)(C(=O)[O-])C(=O)O. The standard InChI is InChI=1S/C19H21NO2.C6H8O7/c1-20(2)14-15-22-19-11-7-6-10-17(19)18(21)13-12-16-8-4-3-5-9-16;7-2-6(4(10)11,5(12)13)1-3(8)9/h3-13H,14-15H2,1-2H3;7H,1-2H2,(H,8,9)(H,10,11)(H,12,13)/b13-12+;. The lowest BCUT2D eigenvalue weighted by atomic mass is 9.85. The van der Waals surface area contributed by atoms with Crippen LogP contribution >= 0.6 is 0 Å². The summed E-state index contributed by atoms with van der Waals surface area (Å²) in [5.74, 6) is -5.09. The van der Waals surface area contributed by atoms with E-state index in [1.54, 1.807) is 12.1 Å². The minimum atomic E-state index is -2.76. The predicted molar refractivity (Wildman–Crippen MR) is 124 cm³/mol. The Hall–Kier alpha value is -4.02. The summed E-state index contributed by atoms with van der Waals surface area (Å²) in [6, 6.07) is 17.2. The zero-order valence-corrected chi connectivity index (χ0v) is 19.5. The smallest absolute Gasteiger partial charge is 0.318 e. The molecule has 35 heavy (non-hydrogen) atoms. The van der Waals surface area contributed by atoms with Crippen LogP contribution in [0, 0.1) is 5.41 Å². The third-order valence-corrected chi connectivity index (χ3v) is 4.76. The van der Waals surface area contributed by atoms with Gasteiger partial charge in [0, 0.05) is 0 Å². The number of allylic oxidation sites excluding steroid dienone is 1. The molecule has 0 fully saturated rings. The number of ketones is 1. The summed E-state index contributed by atoms with van der Waals surface area (Å²) in [6.07, 6.45) is 2.19. The van der Waals surface area contributed by atoms with Gasteiger partial charge in [-0.1, -0.05) is 48.5 Å². The number of nitrogens with one attached hydrogen (secondary N) is 1. The number of carboxylic acid groups (broad SMARTS) is 3. The van der Waals surface area contributed by atoms with Crippen molar-refractivity contribution in [1.29, 1.82) is 0 Å². The van der Waals surface area contributed by atoms with E-state index in [4.69, 9.17) is 20.1 Å². The van der Waals surface area contributed by atoms with Crippen molar-refractivity contribution in [2.75, 3.05) is 33.9 Å². The normalized spacial score (nSPS) is 12.3. The first-order valence-corrected chi connectivity index (χ1v) is 10.6. The van der Waals surface area contributed by atoms with Gasteiger partial charge in [0.25, 0.3) is 0 Å². The van der Waals surface area contributed by atoms with Gasteiger partial charge in [0.1, 0.15) is 24.3 Å². The van der Waals surface area contributed by atoms with Crippen LogP contribution in [0.3, 0.4) is 0 Å². The van der Waals surface area contributed by atoms with Crippen molar-refractivity contribution < 1.29 is 49.2 Å². The van der Waals surface area contributed by atoms with Gasteiger partial charge in [-0.05, 0) is 23.8 Å². The number of benzene rings is 2. The molecule has 0 aliphatic carbocycles. The fourth-order valence-corrected chi connectivity index (χ4v) is 2.67. The van der Waals surface area contributed by atoms with Crippen LogP contribution in [0.1, 0.15) is 22.3 Å². The van der Waals surface area contributed by atoms with Crippen LogP contribution in [-0.4, -0.2) is 72.9 Å². The van der Waals surface area contributed by atoms with E-state index in [1.807, 2.05) is 54.6 Å². The monoisotopic (exact) mass is 487 g/mol. The molecule has 0 aromatic heterocycles. The van der Waals surface area contributed by atoms with E-state index in [9.17, 15) is 24.3 Å². The molecule has 0 saturated carbocycles. The largest absolute Gasteiger partial charge is 0.549 e. The molecule has 0 radical (unpaired) electrons. The Balaban J connectivity index is 0.000000405. The highest BCUT2D eigenvalue weighted by Gasteiger charge is 2.42. The number of ether oxygens (including phenoxy) is 1. The lowest BCUT2D eigenvalue weighted by Gasteiger charge is -2.25. The predicted octanol–water partition coefficient (Wildman–Crippen LogP) is -0.620. The third-order valence-electron chi connectivity index (χ3n) is 4.76. The lowest BCUT2D eigenvalue weighted by Crippen LogP contribution is -3.06. The summed E-state index contributed by atoms with van der Waals surface area (Å²) < 4.78 is 5.75. The molecule has 0 amide bonds. The molecule has 1 unspecified atom stereocenters. The first kappa shape index (κ1) is 29.0. The van der Waals surface area contributed by atoms with Crippen LogP contribution in [-0.2, 0) is 14.4 Å². The van der Waals surface area contributed by atoms with Gasteiger partial charge in [0.15, 0.2) is 5.78 Å². The number of hydrogen-bond donors (Lipinski definition) is 4. The number of aliphatic hydroxyl groups is 1. The maximum Gasteiger partial charge on any atom is 0.318 e. The fourth-order valence-electron chi connectivity index (χ4n) is 2.67. The highest BCUT2D eigenvalue weighted by molar-refractivity contribution is 6.08. The quantitative estimate of drug-likeness (QED) is 0.173. The number of aliphatic hydroxyl groups excluding tert-OH is 1. The molecule has 0 bridgehead atoms. The zero-order valence-electron chi connectivity index (χ0n) is 19.5. The molecule has 0 aliphatic rings. The third kappa shape index (κ3) is 9.40. The fraction of sp³-hybridized carbons (Fsp3) is 0.280. The Bertz CT molecular complexity index is 1020. The second-order valence-corrected chi connectivity index (χ2v) is 7.81. The van der Waals surface area contributed by atoms with E-state index in [1.165, 1.54) is 4.90 Å². The van der Waals surface area contributed by atoms with Crippen molar-refractivity contribution >= 4 is 29.8 Å². The highest BCUT2D eigenvalue weighted by atomic mass is 16.5. The highest BCUT2D eigenvalue weighted by Crippen LogP contribution is 2.21. The Morgan fingerprint density at radius 1 is 1.00 bits per heavy atom. The number of aliphatic carboxylic acids is 3. The average molecular weight is 488 g/mol. The van der Waals surface area contributed by atoms with Crippen molar-refractivity contribution in [3.63, 3.8) is 0 Å². The molecule has 10 heteroatoms. The Labute approximate surface area is 202 Å². The minimum Gasteiger partial charge on any atom is -0.549 e. The van der Waals surface area contributed by atoms with Gasteiger partial charge in [0.05, 0.1) is 38.7 Å². The van der Waals surface area contributed by atoms with Crippen LogP contribution in [0.4, 0.5) is 0 Å². The van der Waals surface area contributed by atoms with Gasteiger partial charge in [-0.25, -0.2) is 0 Å². The first-order valence-electron chi connectivity index (χ1n) is 10.6. The number of carbonyl (C=O) groups is 4. The van der Waals surface area contributed by atoms with Crippen molar-refractivity contribution in [2.45, 2.75) is 6.42 Å². The molecule has 2 rings (SSSR count). The van der Waals surface area contributed by atoms with Crippen molar-refractivity contribution in [2.24, 2.45) is 5.41 Å². The maximum atomic E-state index is 12.4. The van der Waals surface area contributed by atoms with Crippen LogP contribution < -0.4 is 14.7 Å². The van der Waals surface area contributed by atoms with Gasteiger partial charge in [-0.15, -0.1) is 0 Å². The molecule has 188 valence electrons. The van der Waals surface area contributed by atoms with Crippen LogP contribution in [0.15, 0.2) is 60.7 Å². The molecule has 10 nitrogen and oxygen atoms in total. The topological polar surface area (TPSA) is 166 Å². The molecule has 4 N–H and O–H groups in total. The van der Waals surface area contributed by atoms with Crippen molar-refractivity contribution in [3.8, 4) is 5.75 Å². The van der Waals surface area contributed by atoms with E-state index in [0.29, 0.717) is 17.9 Å². The summed E-state index contributed by atoms with van der Waals surface area (Å²) in [7, 11) is 4.14. The molecule has 2 aromatic rings. The van der Waals surface area contributed by atoms with Crippen LogP contribution in [0.5, 0.6) is 5.75 Å². The summed E-state index contributed by atoms with van der Waals surface area (Å²) in [6.45, 7) is 0.161. The van der Waals surface area contributed by atoms with Crippen molar-refractivity contribution in [1.82, 2.24) is 0 Å². The minimum absolute atomic E-state index is 0.0448. The maximum absolute atomic E-state index is 12.4. The zero-order chi connectivity index (χ0) is 26.4. The van der Waals surface area contributed by atoms with E-state index in [0.717, 1.165) is 12.1 Å². The second kappa shape index (κ2) is 14.3. The Kier molecular flexibility index (Phi) is 11.8. The number of quaternary nitrogens is 1. The van der Waals surface area contributed by atoms with E-state index in [2.05, 4.69) is 14.1 Å². The molecular weight excluding hydrogens is 458 g/mol. The number of hydrogen-bond acceptors (Lipinski definition) is 7. The molecule has 1 atom stereocenters. The molecule has 0 aliphatic heterocycles. The molecule has 0 saturated heterocycles. The summed E-state index contributed by atoms with van der Waals surface area (Å²) in [5, 5.41) is 35.4. The Morgan fingerprint density at radius 2 is 1.60 bits per heavy atom. The van der Waals surface area contributed by atoms with E-state index in [-0.39, 0.29) is 5.78 Å². The van der Waals surface area contributed by atoms with Gasteiger partial charge in [0.2, 0.25) is 0 Å².